The Morgan fingerprint density at radius 3 is 2.80 bits per heavy atom. The Labute approximate surface area is 147 Å². The smallest absolute Gasteiger partial charge is 0.241 e. The van der Waals surface area contributed by atoms with Gasteiger partial charge < -0.3 is 10.0 Å². The second-order valence-electron chi connectivity index (χ2n) is 7.01. The van der Waals surface area contributed by atoms with E-state index < -0.39 is 0 Å². The maximum atomic E-state index is 12.7. The van der Waals surface area contributed by atoms with Gasteiger partial charge in [0.2, 0.25) is 5.91 Å². The number of rotatable bonds is 4. The van der Waals surface area contributed by atoms with Gasteiger partial charge in [0, 0.05) is 43.6 Å². The maximum Gasteiger partial charge on any atom is 0.241 e. The summed E-state index contributed by atoms with van der Waals surface area (Å²) in [6.07, 6.45) is 4.92. The van der Waals surface area contributed by atoms with E-state index in [1.165, 1.54) is 11.1 Å². The number of aromatic nitrogens is 1. The van der Waals surface area contributed by atoms with Crippen LogP contribution in [0.3, 0.4) is 0 Å². The number of carbonyl (C=O) groups excluding carboxylic acids is 1. The lowest BCUT2D eigenvalue weighted by molar-refractivity contribution is -0.119. The van der Waals surface area contributed by atoms with Crippen molar-refractivity contribution in [3.8, 4) is 0 Å². The number of amides is 1. The number of fused-ring (bicyclic) bond motifs is 1. The number of likely N-dealkylation sites (tertiary alicyclic amines) is 1. The number of β-amino-alcohol motifs (C(OH)–C–C–N with tert-alkyl or cyclic N) is 1. The second kappa shape index (κ2) is 6.94. The zero-order valence-corrected chi connectivity index (χ0v) is 14.2. The lowest BCUT2D eigenvalue weighted by Crippen LogP contribution is -2.39. The SMILES string of the molecule is O=C(CN1C[C@@H](Cc2ccncc2)[C@@H](O)C1)N1CCc2ccccc21. The van der Waals surface area contributed by atoms with Crippen molar-refractivity contribution in [2.75, 3.05) is 31.1 Å². The number of benzene rings is 1. The molecule has 1 fully saturated rings. The Kier molecular flexibility index (Phi) is 4.51. The number of aliphatic hydroxyl groups is 1. The van der Waals surface area contributed by atoms with E-state index in [9.17, 15) is 9.90 Å². The molecule has 5 heteroatoms. The van der Waals surface area contributed by atoms with E-state index in [0.29, 0.717) is 13.1 Å². The van der Waals surface area contributed by atoms with E-state index in [4.69, 9.17) is 0 Å². The Bertz CT molecular complexity index is 750. The highest BCUT2D eigenvalue weighted by atomic mass is 16.3. The molecule has 1 aromatic carbocycles. The van der Waals surface area contributed by atoms with Gasteiger partial charge in [-0.1, -0.05) is 18.2 Å². The van der Waals surface area contributed by atoms with Gasteiger partial charge in [-0.25, -0.2) is 0 Å². The van der Waals surface area contributed by atoms with E-state index in [2.05, 4.69) is 16.0 Å². The van der Waals surface area contributed by atoms with Crippen LogP contribution in [0, 0.1) is 5.92 Å². The topological polar surface area (TPSA) is 56.7 Å². The average molecular weight is 337 g/mol. The van der Waals surface area contributed by atoms with Gasteiger partial charge in [0.15, 0.2) is 0 Å². The van der Waals surface area contributed by atoms with E-state index in [1.54, 1.807) is 12.4 Å². The van der Waals surface area contributed by atoms with Gasteiger partial charge in [-0.05, 0) is 42.2 Å². The monoisotopic (exact) mass is 337 g/mol. The number of pyridine rings is 1. The summed E-state index contributed by atoms with van der Waals surface area (Å²) in [5.74, 6) is 0.294. The lowest BCUT2D eigenvalue weighted by atomic mass is 9.97. The molecule has 130 valence electrons. The number of hydrogen-bond acceptors (Lipinski definition) is 4. The number of nitrogens with zero attached hydrogens (tertiary/aromatic N) is 3. The highest BCUT2D eigenvalue weighted by Crippen LogP contribution is 2.28. The maximum absolute atomic E-state index is 12.7. The third-order valence-electron chi connectivity index (χ3n) is 5.28. The molecule has 2 aromatic rings. The second-order valence-corrected chi connectivity index (χ2v) is 7.01. The molecular weight excluding hydrogens is 314 g/mol. The van der Waals surface area contributed by atoms with Gasteiger partial charge in [0.1, 0.15) is 0 Å². The third-order valence-corrected chi connectivity index (χ3v) is 5.28. The van der Waals surface area contributed by atoms with Crippen LogP contribution < -0.4 is 4.90 Å². The molecule has 1 amide bonds. The summed E-state index contributed by atoms with van der Waals surface area (Å²) in [4.78, 5) is 20.7. The molecular formula is C20H23N3O2. The highest BCUT2D eigenvalue weighted by molar-refractivity contribution is 5.96. The van der Waals surface area contributed by atoms with Crippen molar-refractivity contribution in [3.63, 3.8) is 0 Å². The molecule has 0 saturated carbocycles. The summed E-state index contributed by atoms with van der Waals surface area (Å²) in [5.41, 5.74) is 3.47. The first-order valence-corrected chi connectivity index (χ1v) is 8.88. The summed E-state index contributed by atoms with van der Waals surface area (Å²) in [6.45, 7) is 2.45. The number of para-hydroxylation sites is 1. The number of anilines is 1. The molecule has 0 unspecified atom stereocenters. The quantitative estimate of drug-likeness (QED) is 0.919. The van der Waals surface area contributed by atoms with Crippen molar-refractivity contribution in [2.45, 2.75) is 18.9 Å². The number of carbonyl (C=O) groups is 1. The van der Waals surface area contributed by atoms with Crippen LogP contribution in [-0.2, 0) is 17.6 Å². The van der Waals surface area contributed by atoms with Gasteiger partial charge in [0.05, 0.1) is 12.6 Å². The zero-order chi connectivity index (χ0) is 17.2. The van der Waals surface area contributed by atoms with E-state index in [0.717, 1.165) is 31.6 Å². The fourth-order valence-electron chi connectivity index (χ4n) is 3.97. The van der Waals surface area contributed by atoms with Crippen LogP contribution in [0.5, 0.6) is 0 Å². The largest absolute Gasteiger partial charge is 0.391 e. The minimum absolute atomic E-state index is 0.127. The van der Waals surface area contributed by atoms with Gasteiger partial charge in [-0.15, -0.1) is 0 Å². The predicted octanol–water partition coefficient (Wildman–Crippen LogP) is 1.51. The standard InChI is InChI=1S/C20H23N3O2/c24-19-13-22(12-17(19)11-15-5-8-21-9-6-15)14-20(25)23-10-7-16-3-1-2-4-18(16)23/h1-6,8-9,17,19,24H,7,10-14H2/t17-,19+/m1/s1. The van der Waals surface area contributed by atoms with Crippen molar-refractivity contribution < 1.29 is 9.90 Å². The molecule has 1 N–H and O–H groups in total. The molecule has 1 saturated heterocycles. The molecule has 2 atom stereocenters. The summed E-state index contributed by atoms with van der Waals surface area (Å²) in [7, 11) is 0. The van der Waals surface area contributed by atoms with Gasteiger partial charge in [0.25, 0.3) is 0 Å². The molecule has 1 aromatic heterocycles. The summed E-state index contributed by atoms with van der Waals surface area (Å²) in [6, 6.07) is 12.1. The molecule has 0 bridgehead atoms. The summed E-state index contributed by atoms with van der Waals surface area (Å²) >= 11 is 0. The predicted molar refractivity (Wildman–Crippen MR) is 96.4 cm³/mol. The number of hydrogen-bond donors (Lipinski definition) is 1. The lowest BCUT2D eigenvalue weighted by Gasteiger charge is -2.21. The average Bonchev–Trinajstić information content (AvgIpc) is 3.19. The molecule has 0 spiro atoms. The number of aliphatic hydroxyl groups excluding tert-OH is 1. The van der Waals surface area contributed by atoms with Crippen LogP contribution in [0.15, 0.2) is 48.8 Å². The van der Waals surface area contributed by atoms with Crippen molar-refractivity contribution in [2.24, 2.45) is 5.92 Å². The summed E-state index contributed by atoms with van der Waals surface area (Å²) in [5, 5.41) is 10.4. The Morgan fingerprint density at radius 2 is 1.96 bits per heavy atom. The minimum Gasteiger partial charge on any atom is -0.391 e. The van der Waals surface area contributed by atoms with E-state index >= 15 is 0 Å². The first-order chi connectivity index (χ1) is 12.2. The van der Waals surface area contributed by atoms with Gasteiger partial charge in [-0.3, -0.25) is 14.7 Å². The molecule has 3 heterocycles. The molecule has 4 rings (SSSR count). The summed E-state index contributed by atoms with van der Waals surface area (Å²) < 4.78 is 0. The van der Waals surface area contributed by atoms with Gasteiger partial charge in [-0.2, -0.15) is 0 Å². The van der Waals surface area contributed by atoms with Crippen LogP contribution in [0.25, 0.3) is 0 Å². The molecule has 25 heavy (non-hydrogen) atoms. The molecule has 2 aliphatic heterocycles. The van der Waals surface area contributed by atoms with Crippen LogP contribution >= 0.6 is 0 Å². The molecule has 2 aliphatic rings. The Hall–Kier alpha value is -2.24. The van der Waals surface area contributed by atoms with Crippen LogP contribution in [0.2, 0.25) is 0 Å². The molecule has 5 nitrogen and oxygen atoms in total. The van der Waals surface area contributed by atoms with Crippen LogP contribution in [-0.4, -0.2) is 53.2 Å². The fraction of sp³-hybridized carbons (Fsp3) is 0.400. The third kappa shape index (κ3) is 3.43. The van der Waals surface area contributed by atoms with Crippen LogP contribution in [0.4, 0.5) is 5.69 Å². The van der Waals surface area contributed by atoms with Crippen LogP contribution in [0.1, 0.15) is 11.1 Å². The van der Waals surface area contributed by atoms with Crippen molar-refractivity contribution >= 4 is 11.6 Å². The fourth-order valence-corrected chi connectivity index (χ4v) is 3.97. The Morgan fingerprint density at radius 1 is 1.16 bits per heavy atom. The Balaban J connectivity index is 1.37. The van der Waals surface area contributed by atoms with Gasteiger partial charge >= 0.3 is 0 Å². The molecule has 0 radical (unpaired) electrons. The van der Waals surface area contributed by atoms with Crippen molar-refractivity contribution in [1.82, 2.24) is 9.88 Å². The first kappa shape index (κ1) is 16.2. The normalized spacial score (nSPS) is 23.0. The van der Waals surface area contributed by atoms with E-state index in [1.807, 2.05) is 35.2 Å². The van der Waals surface area contributed by atoms with E-state index in [-0.39, 0.29) is 17.9 Å². The van der Waals surface area contributed by atoms with Crippen molar-refractivity contribution in [3.05, 3.63) is 59.9 Å². The first-order valence-electron chi connectivity index (χ1n) is 8.88. The highest BCUT2D eigenvalue weighted by Gasteiger charge is 2.34. The minimum atomic E-state index is -0.383. The molecule has 0 aliphatic carbocycles. The van der Waals surface area contributed by atoms with Crippen molar-refractivity contribution in [1.29, 1.82) is 0 Å². The zero-order valence-electron chi connectivity index (χ0n) is 14.2.